The van der Waals surface area contributed by atoms with E-state index in [9.17, 15) is 18.0 Å². The lowest BCUT2D eigenvalue weighted by Gasteiger charge is -2.21. The number of nitrogens with zero attached hydrogens (tertiary/aromatic N) is 2. The van der Waals surface area contributed by atoms with Crippen LogP contribution in [0.4, 0.5) is 11.4 Å². The second-order valence-corrected chi connectivity index (χ2v) is 9.91. The van der Waals surface area contributed by atoms with Gasteiger partial charge in [0.2, 0.25) is 21.8 Å². The number of nitrogens with one attached hydrogen (secondary N) is 1. The molecule has 1 atom stereocenters. The molecule has 0 saturated carbocycles. The summed E-state index contributed by atoms with van der Waals surface area (Å²) in [7, 11) is -2.47. The topological polar surface area (TPSA) is 86.8 Å². The number of hydrogen-bond acceptors (Lipinski definition) is 4. The first-order valence-corrected chi connectivity index (χ1v) is 11.2. The summed E-state index contributed by atoms with van der Waals surface area (Å²) in [4.78, 5) is 26.1. The third-order valence-electron chi connectivity index (χ3n) is 5.35. The highest BCUT2D eigenvalue weighted by Crippen LogP contribution is 2.34. The fourth-order valence-electron chi connectivity index (χ4n) is 3.78. The predicted molar refractivity (Wildman–Crippen MR) is 117 cm³/mol. The Morgan fingerprint density at radius 2 is 1.87 bits per heavy atom. The van der Waals surface area contributed by atoms with Crippen LogP contribution in [0.5, 0.6) is 0 Å². The number of carbonyl (C=O) groups excluding carboxylic acids is 2. The number of sulfonamides is 1. The van der Waals surface area contributed by atoms with Crippen molar-refractivity contribution >= 4 is 33.2 Å². The molecule has 0 unspecified atom stereocenters. The van der Waals surface area contributed by atoms with Crippen molar-refractivity contribution in [2.24, 2.45) is 0 Å². The van der Waals surface area contributed by atoms with E-state index in [2.05, 4.69) is 5.32 Å². The van der Waals surface area contributed by atoms with Crippen LogP contribution in [-0.2, 0) is 26.0 Å². The smallest absolute Gasteiger partial charge is 0.243 e. The van der Waals surface area contributed by atoms with E-state index in [4.69, 9.17) is 0 Å². The fourth-order valence-corrected chi connectivity index (χ4v) is 4.95. The lowest BCUT2D eigenvalue weighted by Crippen LogP contribution is -2.35. The van der Waals surface area contributed by atoms with Crippen molar-refractivity contribution in [3.8, 4) is 0 Å². The number of benzene rings is 2. The lowest BCUT2D eigenvalue weighted by molar-refractivity contribution is -0.117. The van der Waals surface area contributed by atoms with E-state index in [0.717, 1.165) is 26.7 Å². The Labute approximate surface area is 177 Å². The normalized spacial score (nSPS) is 15.9. The number of amides is 2. The van der Waals surface area contributed by atoms with Crippen molar-refractivity contribution in [3.63, 3.8) is 0 Å². The van der Waals surface area contributed by atoms with E-state index in [0.29, 0.717) is 12.1 Å². The van der Waals surface area contributed by atoms with E-state index in [-0.39, 0.29) is 23.4 Å². The summed E-state index contributed by atoms with van der Waals surface area (Å²) >= 11 is 0. The minimum absolute atomic E-state index is 0.0171. The monoisotopic (exact) mass is 429 g/mol. The van der Waals surface area contributed by atoms with Crippen molar-refractivity contribution in [1.29, 1.82) is 0 Å². The van der Waals surface area contributed by atoms with E-state index < -0.39 is 15.9 Å². The largest absolute Gasteiger partial charge is 0.325 e. The van der Waals surface area contributed by atoms with Crippen molar-refractivity contribution in [2.45, 2.75) is 45.1 Å². The molecule has 2 amide bonds. The van der Waals surface area contributed by atoms with Gasteiger partial charge in [0.1, 0.15) is 0 Å². The Kier molecular flexibility index (Phi) is 6.01. The average molecular weight is 430 g/mol. The van der Waals surface area contributed by atoms with Crippen LogP contribution in [0.25, 0.3) is 0 Å². The van der Waals surface area contributed by atoms with Gasteiger partial charge in [-0.1, -0.05) is 12.1 Å². The molecular weight excluding hydrogens is 402 g/mol. The van der Waals surface area contributed by atoms with E-state index in [1.807, 2.05) is 39.0 Å². The molecule has 1 heterocycles. The van der Waals surface area contributed by atoms with Crippen LogP contribution < -0.4 is 10.2 Å². The molecule has 0 aromatic heterocycles. The molecule has 2 aromatic carbocycles. The molecule has 1 aliphatic heterocycles. The molecule has 0 saturated heterocycles. The SMILES string of the molecule is CC(=O)N1c2ccc(S(=O)(=O)N(C)CC(=O)Nc3cc(C)ccc3C)cc2C[C@H]1C. The Balaban J connectivity index is 1.77. The standard InChI is InChI=1S/C22H27N3O4S/c1-14-6-7-15(2)20(10-14)23-22(27)13-24(5)30(28,29)19-8-9-21-18(12-19)11-16(3)25(21)17(4)26/h6-10,12,16H,11,13H2,1-5H3,(H,23,27)/t16-/m1/s1. The van der Waals surface area contributed by atoms with Crippen LogP contribution >= 0.6 is 0 Å². The third-order valence-corrected chi connectivity index (χ3v) is 7.15. The summed E-state index contributed by atoms with van der Waals surface area (Å²) in [6, 6.07) is 10.4. The van der Waals surface area contributed by atoms with E-state index >= 15 is 0 Å². The summed E-state index contributed by atoms with van der Waals surface area (Å²) in [5.41, 5.74) is 4.13. The van der Waals surface area contributed by atoms with Crippen molar-refractivity contribution < 1.29 is 18.0 Å². The van der Waals surface area contributed by atoms with Gasteiger partial charge >= 0.3 is 0 Å². The molecule has 30 heavy (non-hydrogen) atoms. The lowest BCUT2D eigenvalue weighted by atomic mass is 10.1. The molecule has 3 rings (SSSR count). The van der Waals surface area contributed by atoms with Gasteiger partial charge in [0, 0.05) is 31.4 Å². The first-order chi connectivity index (χ1) is 14.0. The van der Waals surface area contributed by atoms with Gasteiger partial charge in [0.15, 0.2) is 0 Å². The van der Waals surface area contributed by atoms with Gasteiger partial charge in [0.05, 0.1) is 11.4 Å². The van der Waals surface area contributed by atoms with Gasteiger partial charge in [-0.15, -0.1) is 0 Å². The van der Waals surface area contributed by atoms with Gasteiger partial charge < -0.3 is 10.2 Å². The zero-order valence-corrected chi connectivity index (χ0v) is 18.7. The highest BCUT2D eigenvalue weighted by atomic mass is 32.2. The van der Waals surface area contributed by atoms with Crippen LogP contribution in [0, 0.1) is 13.8 Å². The first-order valence-electron chi connectivity index (χ1n) is 9.77. The molecule has 160 valence electrons. The number of carbonyl (C=O) groups is 2. The number of rotatable bonds is 5. The molecular formula is C22H27N3O4S. The third kappa shape index (κ3) is 4.24. The van der Waals surface area contributed by atoms with Gasteiger partial charge in [-0.3, -0.25) is 9.59 Å². The summed E-state index contributed by atoms with van der Waals surface area (Å²) < 4.78 is 27.0. The maximum absolute atomic E-state index is 13.0. The summed E-state index contributed by atoms with van der Waals surface area (Å²) in [5.74, 6) is -0.482. The highest BCUT2D eigenvalue weighted by molar-refractivity contribution is 7.89. The fraction of sp³-hybridized carbons (Fsp3) is 0.364. The van der Waals surface area contributed by atoms with E-state index in [1.165, 1.54) is 20.0 Å². The highest BCUT2D eigenvalue weighted by Gasteiger charge is 2.31. The molecule has 0 spiro atoms. The zero-order valence-electron chi connectivity index (χ0n) is 17.9. The Bertz CT molecular complexity index is 1110. The van der Waals surface area contributed by atoms with Gasteiger partial charge in [-0.2, -0.15) is 4.31 Å². The van der Waals surface area contributed by atoms with Crippen molar-refractivity contribution in [2.75, 3.05) is 23.8 Å². The van der Waals surface area contributed by atoms with Gasteiger partial charge in [-0.25, -0.2) is 8.42 Å². The Morgan fingerprint density at radius 1 is 1.17 bits per heavy atom. The minimum Gasteiger partial charge on any atom is -0.325 e. The van der Waals surface area contributed by atoms with Crippen molar-refractivity contribution in [1.82, 2.24) is 4.31 Å². The average Bonchev–Trinajstić information content (AvgIpc) is 2.99. The number of hydrogen-bond donors (Lipinski definition) is 1. The number of likely N-dealkylation sites (N-methyl/N-ethyl adjacent to an activating group) is 1. The maximum Gasteiger partial charge on any atom is 0.243 e. The maximum atomic E-state index is 13.0. The molecule has 1 aliphatic rings. The number of anilines is 2. The molecule has 2 aromatic rings. The quantitative estimate of drug-likeness (QED) is 0.792. The first kappa shape index (κ1) is 22.0. The van der Waals surface area contributed by atoms with Gasteiger partial charge in [0.25, 0.3) is 0 Å². The number of fused-ring (bicyclic) bond motifs is 1. The van der Waals surface area contributed by atoms with Crippen LogP contribution in [0.3, 0.4) is 0 Å². The molecule has 0 fully saturated rings. The summed E-state index contributed by atoms with van der Waals surface area (Å²) in [5, 5.41) is 2.78. The van der Waals surface area contributed by atoms with Crippen molar-refractivity contribution in [3.05, 3.63) is 53.1 Å². The second kappa shape index (κ2) is 8.20. The molecule has 0 radical (unpaired) electrons. The molecule has 1 N–H and O–H groups in total. The molecule has 0 aliphatic carbocycles. The Hall–Kier alpha value is -2.71. The van der Waals surface area contributed by atoms with Crippen LogP contribution in [0.15, 0.2) is 41.3 Å². The predicted octanol–water partition coefficient (Wildman–Crippen LogP) is 2.86. The van der Waals surface area contributed by atoms with Gasteiger partial charge in [-0.05, 0) is 68.1 Å². The van der Waals surface area contributed by atoms with Crippen LogP contribution in [0.1, 0.15) is 30.5 Å². The summed E-state index contributed by atoms with van der Waals surface area (Å²) in [6.07, 6.45) is 0.592. The molecule has 8 heteroatoms. The Morgan fingerprint density at radius 3 is 2.53 bits per heavy atom. The molecule has 0 bridgehead atoms. The molecule has 7 nitrogen and oxygen atoms in total. The number of aryl methyl sites for hydroxylation is 2. The second-order valence-electron chi connectivity index (χ2n) is 7.86. The van der Waals surface area contributed by atoms with Crippen LogP contribution in [-0.4, -0.2) is 44.2 Å². The van der Waals surface area contributed by atoms with E-state index in [1.54, 1.807) is 17.0 Å². The zero-order chi connectivity index (χ0) is 22.2. The summed E-state index contributed by atoms with van der Waals surface area (Å²) in [6.45, 7) is 6.93. The minimum atomic E-state index is -3.85. The van der Waals surface area contributed by atoms with Crippen LogP contribution in [0.2, 0.25) is 0 Å².